The third-order valence-corrected chi connectivity index (χ3v) is 7.28. The largest absolute Gasteiger partial charge is 0.497 e. The fourth-order valence-corrected chi connectivity index (χ4v) is 5.26. The zero-order valence-electron chi connectivity index (χ0n) is 22.7. The summed E-state index contributed by atoms with van der Waals surface area (Å²) in [5, 5.41) is 0. The lowest BCUT2D eigenvalue weighted by molar-refractivity contribution is -0.135. The first-order valence-electron chi connectivity index (χ1n) is 13.3. The van der Waals surface area contributed by atoms with Crippen LogP contribution in [0.15, 0.2) is 90.7 Å². The first kappa shape index (κ1) is 26.2. The molecule has 7 nitrogen and oxygen atoms in total. The van der Waals surface area contributed by atoms with E-state index in [1.165, 1.54) is 0 Å². The van der Waals surface area contributed by atoms with Gasteiger partial charge in [0.2, 0.25) is 5.78 Å². The van der Waals surface area contributed by atoms with Gasteiger partial charge in [-0.25, -0.2) is 0 Å². The second-order valence-corrected chi connectivity index (χ2v) is 9.76. The Morgan fingerprint density at radius 2 is 1.66 bits per heavy atom. The molecule has 0 bridgehead atoms. The van der Waals surface area contributed by atoms with Crippen LogP contribution in [0.4, 0.5) is 0 Å². The van der Waals surface area contributed by atoms with Gasteiger partial charge in [-0.1, -0.05) is 54.6 Å². The fraction of sp³-hybridized carbons (Fsp3) is 0.176. The number of ether oxygens (including phenoxy) is 5. The fourth-order valence-electron chi connectivity index (χ4n) is 5.26. The number of Topliss-reactive ketones (excluding diaryl/α,β-unsaturated/α-hetero) is 1. The highest BCUT2D eigenvalue weighted by molar-refractivity contribution is 6.15. The molecule has 2 aliphatic heterocycles. The highest BCUT2D eigenvalue weighted by atomic mass is 16.5. The number of esters is 1. The molecule has 2 heterocycles. The molecule has 4 aromatic carbocycles. The molecule has 2 aliphatic rings. The van der Waals surface area contributed by atoms with E-state index in [-0.39, 0.29) is 23.9 Å². The number of ketones is 1. The highest BCUT2D eigenvalue weighted by Crippen LogP contribution is 2.51. The van der Waals surface area contributed by atoms with Crippen LogP contribution in [0.3, 0.4) is 0 Å². The van der Waals surface area contributed by atoms with Crippen LogP contribution in [0.5, 0.6) is 28.7 Å². The summed E-state index contributed by atoms with van der Waals surface area (Å²) in [4.78, 5) is 26.1. The summed E-state index contributed by atoms with van der Waals surface area (Å²) in [6.07, 6.45) is 2.43. The van der Waals surface area contributed by atoms with Crippen molar-refractivity contribution in [2.24, 2.45) is 0 Å². The number of fused-ring (bicyclic) bond motifs is 3. The predicted octanol–water partition coefficient (Wildman–Crippen LogP) is 6.38. The molecule has 7 heteroatoms. The van der Waals surface area contributed by atoms with Crippen LogP contribution < -0.4 is 23.7 Å². The van der Waals surface area contributed by atoms with Crippen LogP contribution in [0.1, 0.15) is 45.0 Å². The molecule has 4 aromatic rings. The Morgan fingerprint density at radius 3 is 2.41 bits per heavy atom. The van der Waals surface area contributed by atoms with Crippen molar-refractivity contribution in [3.63, 3.8) is 0 Å². The van der Waals surface area contributed by atoms with Crippen molar-refractivity contribution in [1.29, 1.82) is 0 Å². The molecule has 0 unspecified atom stereocenters. The number of hydrogen-bond donors (Lipinski definition) is 0. The van der Waals surface area contributed by atoms with E-state index in [0.717, 1.165) is 22.4 Å². The quantitative estimate of drug-likeness (QED) is 0.144. The van der Waals surface area contributed by atoms with Crippen LogP contribution in [-0.4, -0.2) is 32.6 Å². The average molecular weight is 549 g/mol. The van der Waals surface area contributed by atoms with Crippen LogP contribution >= 0.6 is 0 Å². The molecule has 0 saturated carbocycles. The van der Waals surface area contributed by atoms with E-state index in [0.29, 0.717) is 47.2 Å². The maximum absolute atomic E-state index is 13.3. The number of carbonyl (C=O) groups excluding carboxylic acids is 2. The summed E-state index contributed by atoms with van der Waals surface area (Å²) in [6, 6.07) is 26.2. The van der Waals surface area contributed by atoms with Gasteiger partial charge in [-0.15, -0.1) is 0 Å². The minimum Gasteiger partial charge on any atom is -0.497 e. The van der Waals surface area contributed by atoms with Gasteiger partial charge in [0.15, 0.2) is 17.3 Å². The molecule has 0 saturated heterocycles. The molecular weight excluding hydrogens is 520 g/mol. The van der Waals surface area contributed by atoms with Crippen molar-refractivity contribution < 1.29 is 33.3 Å². The first-order valence-corrected chi connectivity index (χ1v) is 13.3. The molecule has 0 fully saturated rings. The van der Waals surface area contributed by atoms with Gasteiger partial charge in [0.25, 0.3) is 0 Å². The van der Waals surface area contributed by atoms with E-state index in [1.54, 1.807) is 32.4 Å². The topological polar surface area (TPSA) is 80.3 Å². The number of carbonyl (C=O) groups is 2. The third kappa shape index (κ3) is 5.14. The zero-order chi connectivity index (χ0) is 28.3. The van der Waals surface area contributed by atoms with Crippen molar-refractivity contribution in [3.05, 3.63) is 119 Å². The Hall–Kier alpha value is -5.04. The molecule has 0 aliphatic carbocycles. The first-order chi connectivity index (χ1) is 20.1. The smallest absolute Gasteiger partial charge is 0.312 e. The monoisotopic (exact) mass is 548 g/mol. The van der Waals surface area contributed by atoms with Crippen molar-refractivity contribution in [2.45, 2.75) is 18.8 Å². The average Bonchev–Trinajstić information content (AvgIpc) is 3.32. The van der Waals surface area contributed by atoms with Gasteiger partial charge in [0.1, 0.15) is 17.2 Å². The summed E-state index contributed by atoms with van der Waals surface area (Å²) in [5.74, 6) is 1.79. The summed E-state index contributed by atoms with van der Waals surface area (Å²) >= 11 is 0. The van der Waals surface area contributed by atoms with Gasteiger partial charge in [-0.3, -0.25) is 9.59 Å². The van der Waals surface area contributed by atoms with Gasteiger partial charge >= 0.3 is 5.97 Å². The van der Waals surface area contributed by atoms with Gasteiger partial charge in [-0.2, -0.15) is 0 Å². The molecule has 1 atom stereocenters. The zero-order valence-corrected chi connectivity index (χ0v) is 22.7. The van der Waals surface area contributed by atoms with Gasteiger partial charge in [-0.05, 0) is 47.5 Å². The lowest BCUT2D eigenvalue weighted by atomic mass is 9.84. The Balaban J connectivity index is 1.36. The number of para-hydroxylation sites is 1. The predicted molar refractivity (Wildman–Crippen MR) is 153 cm³/mol. The second kappa shape index (κ2) is 11.2. The Bertz CT molecular complexity index is 1640. The van der Waals surface area contributed by atoms with Crippen molar-refractivity contribution in [2.75, 3.05) is 20.8 Å². The molecule has 0 aromatic heterocycles. The number of hydrogen-bond acceptors (Lipinski definition) is 7. The molecule has 41 heavy (non-hydrogen) atoms. The summed E-state index contributed by atoms with van der Waals surface area (Å²) in [7, 11) is 3.22. The molecule has 6 rings (SSSR count). The highest BCUT2D eigenvalue weighted by Gasteiger charge is 2.39. The van der Waals surface area contributed by atoms with E-state index >= 15 is 0 Å². The van der Waals surface area contributed by atoms with Crippen LogP contribution in [0.2, 0.25) is 0 Å². The minimum atomic E-state index is -0.476. The second-order valence-electron chi connectivity index (χ2n) is 9.76. The van der Waals surface area contributed by atoms with E-state index in [4.69, 9.17) is 23.7 Å². The standard InChI is InChI=1S/C34H28O7/c1-37-23-13-11-21(12-14-23)17-18-39-33-24(9-6-10-28(33)38-2)26-20-30(35)40-27-16-15-25-32(36)29(41-34(25)31(26)27)19-22-7-4-3-5-8-22/h3-16,19,26H,17-18,20H2,1-2H3/b29-19-/t26-/m0/s1. The van der Waals surface area contributed by atoms with Crippen LogP contribution in [-0.2, 0) is 11.2 Å². The summed E-state index contributed by atoms with van der Waals surface area (Å²) in [5.41, 5.74) is 3.76. The molecule has 0 N–H and O–H groups in total. The molecule has 206 valence electrons. The Morgan fingerprint density at radius 1 is 0.854 bits per heavy atom. The van der Waals surface area contributed by atoms with Crippen molar-refractivity contribution in [3.8, 4) is 28.7 Å². The summed E-state index contributed by atoms with van der Waals surface area (Å²) < 4.78 is 29.1. The van der Waals surface area contributed by atoms with E-state index < -0.39 is 5.92 Å². The number of methoxy groups -OCH3 is 2. The number of benzene rings is 4. The summed E-state index contributed by atoms with van der Waals surface area (Å²) in [6.45, 7) is 0.384. The Labute approximate surface area is 237 Å². The van der Waals surface area contributed by atoms with E-state index in [9.17, 15) is 9.59 Å². The van der Waals surface area contributed by atoms with Gasteiger partial charge in [0, 0.05) is 23.5 Å². The maximum Gasteiger partial charge on any atom is 0.312 e. The molecule has 0 spiro atoms. The van der Waals surface area contributed by atoms with Crippen LogP contribution in [0, 0.1) is 0 Å². The third-order valence-electron chi connectivity index (χ3n) is 7.28. The lowest BCUT2D eigenvalue weighted by Crippen LogP contribution is -2.22. The van der Waals surface area contributed by atoms with Crippen LogP contribution in [0.25, 0.3) is 6.08 Å². The minimum absolute atomic E-state index is 0.0563. The SMILES string of the molecule is COc1ccc(CCOc2c(OC)cccc2[C@@H]2CC(=O)Oc3ccc4c(c32)O/C(=C\c2ccccc2)C4=O)cc1. The lowest BCUT2D eigenvalue weighted by Gasteiger charge is -2.28. The Kier molecular flexibility index (Phi) is 7.17. The normalized spacial score (nSPS) is 16.4. The van der Waals surface area contributed by atoms with Crippen molar-refractivity contribution >= 4 is 17.8 Å². The number of rotatable bonds is 8. The van der Waals surface area contributed by atoms with Gasteiger partial charge in [0.05, 0.1) is 32.8 Å². The molecule has 0 amide bonds. The van der Waals surface area contributed by atoms with E-state index in [2.05, 4.69) is 0 Å². The van der Waals surface area contributed by atoms with Gasteiger partial charge < -0.3 is 23.7 Å². The maximum atomic E-state index is 13.3. The van der Waals surface area contributed by atoms with Crippen molar-refractivity contribution in [1.82, 2.24) is 0 Å². The molecular formula is C34H28O7. The number of allylic oxidation sites excluding steroid dienone is 1. The molecule has 0 radical (unpaired) electrons. The van der Waals surface area contributed by atoms with E-state index in [1.807, 2.05) is 72.8 Å².